The van der Waals surface area contributed by atoms with Gasteiger partial charge in [0.15, 0.2) is 0 Å². The van der Waals surface area contributed by atoms with Crippen LogP contribution in [0.15, 0.2) is 24.3 Å². The van der Waals surface area contributed by atoms with Gasteiger partial charge in [-0.25, -0.2) is 4.79 Å². The summed E-state index contributed by atoms with van der Waals surface area (Å²) in [6.07, 6.45) is -5.17. The van der Waals surface area contributed by atoms with Crippen molar-refractivity contribution < 1.29 is 27.5 Å². The van der Waals surface area contributed by atoms with E-state index in [0.29, 0.717) is 0 Å². The molecule has 2 rings (SSSR count). The molecule has 0 bridgehead atoms. The number of ether oxygens (including phenoxy) is 1. The van der Waals surface area contributed by atoms with Gasteiger partial charge >= 0.3 is 12.3 Å². The monoisotopic (exact) mass is 334 g/mol. The van der Waals surface area contributed by atoms with E-state index in [9.17, 15) is 22.8 Å². The Morgan fingerprint density at radius 1 is 1.41 bits per heavy atom. The quantitative estimate of drug-likeness (QED) is 0.834. The van der Waals surface area contributed by atoms with E-state index < -0.39 is 29.2 Å². The predicted octanol–water partition coefficient (Wildman–Crippen LogP) is 2.77. The fraction of sp³-hybridized carbons (Fsp3) is 0.385. The molecular formula is C13H13F3N2O3S. The standard InChI is InChI=1S/C13H13F3N2O3S/c1-17(2)12(20)21-11-10(19)18(7-22-11)9-5-3-4-8(6-9)13(14,15)16/h3-6,11H,7H2,1-2H3. The van der Waals surface area contributed by atoms with Crippen LogP contribution in [0.25, 0.3) is 0 Å². The molecule has 0 radical (unpaired) electrons. The number of carbonyl (C=O) groups excluding carboxylic acids is 2. The van der Waals surface area contributed by atoms with E-state index in [0.717, 1.165) is 28.8 Å². The highest BCUT2D eigenvalue weighted by molar-refractivity contribution is 8.01. The molecule has 22 heavy (non-hydrogen) atoms. The van der Waals surface area contributed by atoms with Gasteiger partial charge in [-0.05, 0) is 18.2 Å². The Labute approximate surface area is 129 Å². The summed E-state index contributed by atoms with van der Waals surface area (Å²) in [5, 5.41) is 0. The summed E-state index contributed by atoms with van der Waals surface area (Å²) in [5.74, 6) is -0.439. The number of halogens is 3. The van der Waals surface area contributed by atoms with Crippen molar-refractivity contribution in [3.8, 4) is 0 Å². The van der Waals surface area contributed by atoms with Crippen LogP contribution in [0.4, 0.5) is 23.7 Å². The fourth-order valence-electron chi connectivity index (χ4n) is 1.74. The Hall–Kier alpha value is -1.90. The maximum absolute atomic E-state index is 12.7. The Kier molecular flexibility index (Phi) is 4.55. The number of thioether (sulfide) groups is 1. The zero-order valence-corrected chi connectivity index (χ0v) is 12.6. The van der Waals surface area contributed by atoms with Gasteiger partial charge in [0, 0.05) is 19.8 Å². The van der Waals surface area contributed by atoms with Gasteiger partial charge in [-0.1, -0.05) is 17.8 Å². The molecule has 9 heteroatoms. The summed E-state index contributed by atoms with van der Waals surface area (Å²) in [4.78, 5) is 25.9. The molecule has 1 aliphatic heterocycles. The highest BCUT2D eigenvalue weighted by Crippen LogP contribution is 2.35. The first-order chi connectivity index (χ1) is 10.2. The maximum Gasteiger partial charge on any atom is 0.416 e. The first-order valence-electron chi connectivity index (χ1n) is 6.18. The van der Waals surface area contributed by atoms with Crippen molar-refractivity contribution in [1.29, 1.82) is 0 Å². The van der Waals surface area contributed by atoms with Crippen LogP contribution in [0.2, 0.25) is 0 Å². The molecule has 1 saturated heterocycles. The Balaban J connectivity index is 2.15. The minimum atomic E-state index is -4.48. The zero-order chi connectivity index (χ0) is 16.5. The van der Waals surface area contributed by atoms with Crippen molar-refractivity contribution in [2.45, 2.75) is 11.6 Å². The van der Waals surface area contributed by atoms with Crippen molar-refractivity contribution in [2.75, 3.05) is 24.9 Å². The average molecular weight is 334 g/mol. The molecule has 0 spiro atoms. The average Bonchev–Trinajstić information content (AvgIpc) is 2.79. The summed E-state index contributed by atoms with van der Waals surface area (Å²) >= 11 is 1.04. The molecule has 120 valence electrons. The lowest BCUT2D eigenvalue weighted by molar-refractivity contribution is -0.137. The topological polar surface area (TPSA) is 49.9 Å². The van der Waals surface area contributed by atoms with E-state index in [1.165, 1.54) is 31.1 Å². The zero-order valence-electron chi connectivity index (χ0n) is 11.8. The molecule has 0 N–H and O–H groups in total. The molecule has 1 aromatic carbocycles. The Bertz CT molecular complexity index is 592. The Morgan fingerprint density at radius 3 is 2.68 bits per heavy atom. The number of carbonyl (C=O) groups is 2. The second-order valence-corrected chi connectivity index (χ2v) is 5.74. The number of hydrogen-bond donors (Lipinski definition) is 0. The predicted molar refractivity (Wildman–Crippen MR) is 75.3 cm³/mol. The molecule has 1 aliphatic rings. The van der Waals surface area contributed by atoms with Crippen molar-refractivity contribution in [3.05, 3.63) is 29.8 Å². The molecule has 5 nitrogen and oxygen atoms in total. The van der Waals surface area contributed by atoms with Crippen LogP contribution in [-0.4, -0.2) is 42.3 Å². The number of alkyl halides is 3. The van der Waals surface area contributed by atoms with Gasteiger partial charge in [0.1, 0.15) is 0 Å². The largest absolute Gasteiger partial charge is 0.425 e. The second kappa shape index (κ2) is 6.07. The van der Waals surface area contributed by atoms with Crippen LogP contribution in [0, 0.1) is 0 Å². The highest BCUT2D eigenvalue weighted by atomic mass is 32.2. The van der Waals surface area contributed by atoms with E-state index >= 15 is 0 Å². The SMILES string of the molecule is CN(C)C(=O)OC1SCN(c2cccc(C(F)(F)F)c2)C1=O. The number of amides is 2. The third kappa shape index (κ3) is 3.46. The van der Waals surface area contributed by atoms with E-state index in [1.54, 1.807) is 0 Å². The normalized spacial score (nSPS) is 18.5. The molecule has 1 atom stereocenters. The van der Waals surface area contributed by atoms with Gasteiger partial charge in [0.25, 0.3) is 5.91 Å². The third-order valence-electron chi connectivity index (χ3n) is 2.88. The van der Waals surface area contributed by atoms with Crippen LogP contribution in [0.3, 0.4) is 0 Å². The third-order valence-corrected chi connectivity index (χ3v) is 3.89. The fourth-order valence-corrected chi connectivity index (χ4v) is 2.72. The molecular weight excluding hydrogens is 321 g/mol. The smallest absolute Gasteiger partial charge is 0.416 e. The van der Waals surface area contributed by atoms with E-state index in [4.69, 9.17) is 4.74 Å². The molecule has 1 unspecified atom stereocenters. The first kappa shape index (κ1) is 16.5. The lowest BCUT2D eigenvalue weighted by atomic mass is 10.2. The molecule has 1 aromatic rings. The number of rotatable bonds is 2. The lowest BCUT2D eigenvalue weighted by Crippen LogP contribution is -2.34. The summed E-state index contributed by atoms with van der Waals surface area (Å²) in [6, 6.07) is 4.47. The summed E-state index contributed by atoms with van der Waals surface area (Å²) < 4.78 is 43.1. The van der Waals surface area contributed by atoms with Crippen LogP contribution in [0.1, 0.15) is 5.56 Å². The van der Waals surface area contributed by atoms with Gasteiger partial charge in [-0.2, -0.15) is 13.2 Å². The Morgan fingerprint density at radius 2 is 2.09 bits per heavy atom. The molecule has 1 fully saturated rings. The first-order valence-corrected chi connectivity index (χ1v) is 7.23. The van der Waals surface area contributed by atoms with Crippen LogP contribution in [-0.2, 0) is 15.7 Å². The van der Waals surface area contributed by atoms with Gasteiger partial charge in [0.2, 0.25) is 5.44 Å². The number of hydrogen-bond acceptors (Lipinski definition) is 4. The molecule has 0 saturated carbocycles. The maximum atomic E-state index is 12.7. The van der Waals surface area contributed by atoms with Gasteiger partial charge in [0.05, 0.1) is 11.4 Å². The molecule has 0 aliphatic carbocycles. The van der Waals surface area contributed by atoms with Crippen molar-refractivity contribution >= 4 is 29.4 Å². The van der Waals surface area contributed by atoms with Crippen molar-refractivity contribution in [2.24, 2.45) is 0 Å². The van der Waals surface area contributed by atoms with E-state index in [2.05, 4.69) is 0 Å². The van der Waals surface area contributed by atoms with Gasteiger partial charge in [-0.3, -0.25) is 9.69 Å². The number of benzene rings is 1. The molecule has 1 heterocycles. The molecule has 2 amide bonds. The second-order valence-electron chi connectivity index (χ2n) is 4.72. The van der Waals surface area contributed by atoms with Crippen LogP contribution >= 0.6 is 11.8 Å². The van der Waals surface area contributed by atoms with E-state index in [-0.39, 0.29) is 11.6 Å². The van der Waals surface area contributed by atoms with Crippen LogP contribution < -0.4 is 4.90 Å². The van der Waals surface area contributed by atoms with Gasteiger partial charge < -0.3 is 9.64 Å². The molecule has 0 aromatic heterocycles. The van der Waals surface area contributed by atoms with Crippen molar-refractivity contribution in [3.63, 3.8) is 0 Å². The van der Waals surface area contributed by atoms with Gasteiger partial charge in [-0.15, -0.1) is 0 Å². The van der Waals surface area contributed by atoms with Crippen LogP contribution in [0.5, 0.6) is 0 Å². The highest BCUT2D eigenvalue weighted by Gasteiger charge is 2.38. The van der Waals surface area contributed by atoms with E-state index in [1.807, 2.05) is 0 Å². The number of anilines is 1. The summed E-state index contributed by atoms with van der Waals surface area (Å²) in [5.41, 5.74) is -1.77. The summed E-state index contributed by atoms with van der Waals surface area (Å²) in [7, 11) is 2.94. The number of nitrogens with zero attached hydrogens (tertiary/aromatic N) is 2. The lowest BCUT2D eigenvalue weighted by Gasteiger charge is -2.18. The summed E-state index contributed by atoms with van der Waals surface area (Å²) in [6.45, 7) is 0. The van der Waals surface area contributed by atoms with Crippen molar-refractivity contribution in [1.82, 2.24) is 4.90 Å². The minimum Gasteiger partial charge on any atom is -0.425 e. The minimum absolute atomic E-state index is 0.117.